The number of halogens is 2. The molecule has 0 unspecified atom stereocenters. The van der Waals surface area contributed by atoms with E-state index in [9.17, 15) is 4.79 Å². The molecule has 2 N–H and O–H groups in total. The van der Waals surface area contributed by atoms with Gasteiger partial charge in [0.15, 0.2) is 0 Å². The number of nitrogens with one attached hydrogen (secondary N) is 1. The van der Waals surface area contributed by atoms with E-state index in [2.05, 4.69) is 5.32 Å². The van der Waals surface area contributed by atoms with Crippen LogP contribution in [0.3, 0.4) is 0 Å². The van der Waals surface area contributed by atoms with Crippen molar-refractivity contribution in [2.45, 2.75) is 13.0 Å². The summed E-state index contributed by atoms with van der Waals surface area (Å²) in [6.45, 7) is 1.62. The molecule has 92 valence electrons. The maximum absolute atomic E-state index is 11.4. The van der Waals surface area contributed by atoms with Gasteiger partial charge >= 0.3 is 0 Å². The lowest BCUT2D eigenvalue weighted by atomic mass is 10.2. The zero-order valence-electron chi connectivity index (χ0n) is 9.28. The second-order valence-electron chi connectivity index (χ2n) is 3.60. The van der Waals surface area contributed by atoms with Gasteiger partial charge in [-0.1, -0.05) is 29.3 Å². The summed E-state index contributed by atoms with van der Waals surface area (Å²) in [7, 11) is 0. The van der Waals surface area contributed by atoms with Crippen molar-refractivity contribution in [3.63, 3.8) is 0 Å². The highest BCUT2D eigenvalue weighted by Gasteiger charge is 2.02. The fourth-order valence-electron chi connectivity index (χ4n) is 1.12. The van der Waals surface area contributed by atoms with Crippen LogP contribution in [-0.2, 0) is 4.79 Å². The molecule has 0 aliphatic carbocycles. The third-order valence-corrected chi connectivity index (χ3v) is 2.77. The Hall–Kier alpha value is -1.03. The maximum atomic E-state index is 11.4. The summed E-state index contributed by atoms with van der Waals surface area (Å²) in [6.07, 6.45) is 3.01. The third kappa shape index (κ3) is 4.77. The topological polar surface area (TPSA) is 49.3 Å². The second-order valence-corrected chi connectivity index (χ2v) is 4.41. The highest BCUT2D eigenvalue weighted by Crippen LogP contribution is 2.22. The molecule has 0 spiro atoms. The summed E-state index contributed by atoms with van der Waals surface area (Å²) >= 11 is 11.6. The average molecular weight is 274 g/mol. The predicted octanol–water partition coefficient (Wildman–Crippen LogP) is 2.50. The molecule has 17 heavy (non-hydrogen) atoms. The van der Waals surface area contributed by atoms with Gasteiger partial charge in [0.05, 0.1) is 16.7 Å². The molecular formula is C12H13Cl2NO2. The van der Waals surface area contributed by atoms with Crippen LogP contribution in [0.2, 0.25) is 10.0 Å². The van der Waals surface area contributed by atoms with Crippen molar-refractivity contribution in [3.8, 4) is 0 Å². The first-order valence-corrected chi connectivity index (χ1v) is 5.83. The lowest BCUT2D eigenvalue weighted by molar-refractivity contribution is -0.117. The first-order valence-electron chi connectivity index (χ1n) is 5.07. The zero-order valence-corrected chi connectivity index (χ0v) is 10.8. The van der Waals surface area contributed by atoms with E-state index in [1.165, 1.54) is 6.08 Å². The molecule has 1 aromatic rings. The Morgan fingerprint density at radius 3 is 2.76 bits per heavy atom. The number of hydrogen-bond donors (Lipinski definition) is 2. The maximum Gasteiger partial charge on any atom is 0.244 e. The molecule has 1 atom stereocenters. The van der Waals surface area contributed by atoms with Crippen molar-refractivity contribution in [3.05, 3.63) is 39.9 Å². The number of carbonyl (C=O) groups is 1. The van der Waals surface area contributed by atoms with Crippen molar-refractivity contribution >= 4 is 35.2 Å². The molecule has 1 rings (SSSR count). The Morgan fingerprint density at radius 1 is 1.47 bits per heavy atom. The van der Waals surface area contributed by atoms with Gasteiger partial charge in [-0.15, -0.1) is 0 Å². The van der Waals surface area contributed by atoms with Crippen LogP contribution in [-0.4, -0.2) is 23.7 Å². The molecule has 0 saturated heterocycles. The van der Waals surface area contributed by atoms with E-state index in [4.69, 9.17) is 28.3 Å². The zero-order chi connectivity index (χ0) is 12.8. The van der Waals surface area contributed by atoms with Crippen LogP contribution in [0.15, 0.2) is 24.3 Å². The standard InChI is InChI=1S/C12H13Cl2NO2/c1-8(7-16)15-12(17)5-3-9-2-4-10(13)11(14)6-9/h2-6,8,16H,7H2,1H3,(H,15,17)/t8-/m1/s1. The van der Waals surface area contributed by atoms with Gasteiger partial charge in [0.1, 0.15) is 0 Å². The van der Waals surface area contributed by atoms with Gasteiger partial charge in [0.2, 0.25) is 5.91 Å². The van der Waals surface area contributed by atoms with Gasteiger partial charge in [0.25, 0.3) is 0 Å². The van der Waals surface area contributed by atoms with Gasteiger partial charge in [-0.05, 0) is 30.7 Å². The van der Waals surface area contributed by atoms with Gasteiger partial charge in [-0.25, -0.2) is 0 Å². The normalized spacial score (nSPS) is 12.7. The van der Waals surface area contributed by atoms with Crippen LogP contribution < -0.4 is 5.32 Å². The summed E-state index contributed by atoms with van der Waals surface area (Å²) in [4.78, 5) is 11.4. The van der Waals surface area contributed by atoms with Crippen LogP contribution in [0, 0.1) is 0 Å². The summed E-state index contributed by atoms with van der Waals surface area (Å²) < 4.78 is 0. The quantitative estimate of drug-likeness (QED) is 0.829. The first kappa shape index (κ1) is 14.0. The van der Waals surface area contributed by atoms with Crippen LogP contribution in [0.5, 0.6) is 0 Å². The number of benzene rings is 1. The molecule has 0 fully saturated rings. The van der Waals surface area contributed by atoms with Crippen molar-refractivity contribution in [1.82, 2.24) is 5.32 Å². The second kappa shape index (κ2) is 6.64. The Kier molecular flexibility index (Phi) is 5.48. The number of rotatable bonds is 4. The smallest absolute Gasteiger partial charge is 0.244 e. The van der Waals surface area contributed by atoms with E-state index in [0.29, 0.717) is 10.0 Å². The summed E-state index contributed by atoms with van der Waals surface area (Å²) in [5, 5.41) is 12.3. The molecule has 0 bridgehead atoms. The number of carbonyl (C=O) groups excluding carboxylic acids is 1. The highest BCUT2D eigenvalue weighted by atomic mass is 35.5. The largest absolute Gasteiger partial charge is 0.394 e. The molecule has 5 heteroatoms. The van der Waals surface area contributed by atoms with E-state index in [1.54, 1.807) is 31.2 Å². The third-order valence-electron chi connectivity index (χ3n) is 2.03. The van der Waals surface area contributed by atoms with Crippen molar-refractivity contribution < 1.29 is 9.90 Å². The summed E-state index contributed by atoms with van der Waals surface area (Å²) in [5.41, 5.74) is 0.784. The van der Waals surface area contributed by atoms with Crippen molar-refractivity contribution in [2.24, 2.45) is 0 Å². The molecule has 1 amide bonds. The lowest BCUT2D eigenvalue weighted by Gasteiger charge is -2.07. The molecular weight excluding hydrogens is 261 g/mol. The van der Waals surface area contributed by atoms with E-state index in [-0.39, 0.29) is 18.6 Å². The minimum atomic E-state index is -0.266. The molecule has 0 heterocycles. The molecule has 0 radical (unpaired) electrons. The molecule has 0 saturated carbocycles. The minimum absolute atomic E-state index is 0.0909. The van der Waals surface area contributed by atoms with Gasteiger partial charge in [-0.3, -0.25) is 4.79 Å². The Morgan fingerprint density at radius 2 is 2.18 bits per heavy atom. The van der Waals surface area contributed by atoms with E-state index >= 15 is 0 Å². The fraction of sp³-hybridized carbons (Fsp3) is 0.250. The van der Waals surface area contributed by atoms with Crippen molar-refractivity contribution in [1.29, 1.82) is 0 Å². The lowest BCUT2D eigenvalue weighted by Crippen LogP contribution is -2.33. The summed E-state index contributed by atoms with van der Waals surface area (Å²) in [5.74, 6) is -0.266. The van der Waals surface area contributed by atoms with Crippen LogP contribution in [0.4, 0.5) is 0 Å². The van der Waals surface area contributed by atoms with Gasteiger partial charge in [-0.2, -0.15) is 0 Å². The average Bonchev–Trinajstić information content (AvgIpc) is 2.30. The molecule has 0 aliphatic heterocycles. The molecule has 0 aliphatic rings. The van der Waals surface area contributed by atoms with Gasteiger partial charge < -0.3 is 10.4 Å². The predicted molar refractivity (Wildman–Crippen MR) is 70.2 cm³/mol. The Labute approximate surface area is 110 Å². The molecule has 1 aromatic carbocycles. The van der Waals surface area contributed by atoms with Crippen molar-refractivity contribution in [2.75, 3.05) is 6.61 Å². The first-order chi connectivity index (χ1) is 8.02. The highest BCUT2D eigenvalue weighted by molar-refractivity contribution is 6.42. The van der Waals surface area contributed by atoms with Gasteiger partial charge in [0, 0.05) is 12.1 Å². The number of aliphatic hydroxyl groups is 1. The Balaban J connectivity index is 2.64. The van der Waals surface area contributed by atoms with E-state index < -0.39 is 0 Å². The van der Waals surface area contributed by atoms with Crippen LogP contribution in [0.1, 0.15) is 12.5 Å². The number of aliphatic hydroxyl groups excluding tert-OH is 1. The molecule has 3 nitrogen and oxygen atoms in total. The van der Waals surface area contributed by atoms with Crippen LogP contribution in [0.25, 0.3) is 6.08 Å². The SMILES string of the molecule is C[C@H](CO)NC(=O)C=Cc1ccc(Cl)c(Cl)c1. The minimum Gasteiger partial charge on any atom is -0.394 e. The number of amides is 1. The van der Waals surface area contributed by atoms with E-state index in [0.717, 1.165) is 5.56 Å². The fourth-order valence-corrected chi connectivity index (χ4v) is 1.43. The van der Waals surface area contributed by atoms with Crippen LogP contribution >= 0.6 is 23.2 Å². The number of hydrogen-bond acceptors (Lipinski definition) is 2. The molecule has 0 aromatic heterocycles. The summed E-state index contributed by atoms with van der Waals surface area (Å²) in [6, 6.07) is 4.83. The Bertz CT molecular complexity index is 433. The monoisotopic (exact) mass is 273 g/mol. The van der Waals surface area contributed by atoms with E-state index in [1.807, 2.05) is 0 Å².